The molecule has 0 saturated heterocycles. The highest BCUT2D eigenvalue weighted by atomic mass is 32.1. The van der Waals surface area contributed by atoms with Crippen LogP contribution in [0.2, 0.25) is 0 Å². The fourth-order valence-electron chi connectivity index (χ4n) is 1.56. The Kier molecular flexibility index (Phi) is 4.46. The second-order valence-corrected chi connectivity index (χ2v) is 4.76. The monoisotopic (exact) mass is 278 g/mol. The standard InChI is InChI=1S/C13H14N2O3S/c1-2-3-11-14-13(19-15-11)18-10-6-4-9(5-7-10)8-12(16)17/h4-7H,2-3,8H2,1H3,(H,16,17). The number of nitrogens with zero attached hydrogens (tertiary/aromatic N) is 2. The molecule has 0 saturated carbocycles. The molecule has 0 atom stereocenters. The number of rotatable bonds is 6. The van der Waals surface area contributed by atoms with Gasteiger partial charge in [-0.1, -0.05) is 19.1 Å². The van der Waals surface area contributed by atoms with Crippen LogP contribution in [0.4, 0.5) is 0 Å². The predicted octanol–water partition coefficient (Wildman–Crippen LogP) is 2.91. The molecule has 1 aromatic heterocycles. The van der Waals surface area contributed by atoms with Crippen LogP contribution in [-0.2, 0) is 17.6 Å². The number of hydrogen-bond acceptors (Lipinski definition) is 5. The van der Waals surface area contributed by atoms with E-state index in [-0.39, 0.29) is 6.42 Å². The summed E-state index contributed by atoms with van der Waals surface area (Å²) in [7, 11) is 0. The van der Waals surface area contributed by atoms with Crippen molar-refractivity contribution in [3.05, 3.63) is 35.7 Å². The number of hydrogen-bond donors (Lipinski definition) is 1. The summed E-state index contributed by atoms with van der Waals surface area (Å²) in [6.45, 7) is 2.07. The Balaban J connectivity index is 2.00. The lowest BCUT2D eigenvalue weighted by Gasteiger charge is -2.02. The van der Waals surface area contributed by atoms with Crippen molar-refractivity contribution < 1.29 is 14.6 Å². The summed E-state index contributed by atoms with van der Waals surface area (Å²) in [5.41, 5.74) is 0.740. The minimum Gasteiger partial charge on any atom is -0.481 e. The molecule has 2 rings (SSSR count). The van der Waals surface area contributed by atoms with Crippen LogP contribution in [0.1, 0.15) is 24.7 Å². The lowest BCUT2D eigenvalue weighted by atomic mass is 10.1. The Bertz CT molecular complexity index is 551. The Morgan fingerprint density at radius 3 is 2.74 bits per heavy atom. The third-order valence-electron chi connectivity index (χ3n) is 2.41. The van der Waals surface area contributed by atoms with Gasteiger partial charge in [-0.3, -0.25) is 4.79 Å². The van der Waals surface area contributed by atoms with E-state index in [4.69, 9.17) is 9.84 Å². The van der Waals surface area contributed by atoms with Crippen LogP contribution in [-0.4, -0.2) is 20.4 Å². The van der Waals surface area contributed by atoms with Gasteiger partial charge in [0.15, 0.2) is 0 Å². The van der Waals surface area contributed by atoms with E-state index in [1.807, 2.05) is 0 Å². The summed E-state index contributed by atoms with van der Waals surface area (Å²) >= 11 is 1.22. The molecule has 0 aliphatic carbocycles. The van der Waals surface area contributed by atoms with E-state index in [2.05, 4.69) is 16.3 Å². The summed E-state index contributed by atoms with van der Waals surface area (Å²) in [6.07, 6.45) is 1.86. The maximum absolute atomic E-state index is 10.6. The molecule has 0 unspecified atom stereocenters. The largest absolute Gasteiger partial charge is 0.481 e. The maximum Gasteiger partial charge on any atom is 0.307 e. The van der Waals surface area contributed by atoms with Crippen molar-refractivity contribution in [2.24, 2.45) is 0 Å². The van der Waals surface area contributed by atoms with E-state index in [9.17, 15) is 4.79 Å². The molecule has 2 aromatic rings. The highest BCUT2D eigenvalue weighted by molar-refractivity contribution is 7.07. The van der Waals surface area contributed by atoms with Crippen LogP contribution in [0.3, 0.4) is 0 Å². The molecule has 1 aromatic carbocycles. The van der Waals surface area contributed by atoms with E-state index in [0.29, 0.717) is 10.9 Å². The van der Waals surface area contributed by atoms with E-state index in [0.717, 1.165) is 24.2 Å². The summed E-state index contributed by atoms with van der Waals surface area (Å²) in [6, 6.07) is 6.94. The topological polar surface area (TPSA) is 72.3 Å². The summed E-state index contributed by atoms with van der Waals surface area (Å²) in [5, 5.41) is 9.19. The zero-order valence-electron chi connectivity index (χ0n) is 10.5. The van der Waals surface area contributed by atoms with E-state index in [1.54, 1.807) is 24.3 Å². The molecule has 19 heavy (non-hydrogen) atoms. The molecule has 0 amide bonds. The van der Waals surface area contributed by atoms with Crippen LogP contribution in [0.15, 0.2) is 24.3 Å². The summed E-state index contributed by atoms with van der Waals surface area (Å²) in [4.78, 5) is 14.8. The first-order valence-corrected chi connectivity index (χ1v) is 6.76. The van der Waals surface area contributed by atoms with Crippen molar-refractivity contribution in [3.63, 3.8) is 0 Å². The minimum absolute atomic E-state index is 0.0136. The van der Waals surface area contributed by atoms with Crippen molar-refractivity contribution in [1.82, 2.24) is 9.36 Å². The number of carbonyl (C=O) groups is 1. The second kappa shape index (κ2) is 6.29. The highest BCUT2D eigenvalue weighted by Gasteiger charge is 2.06. The molecule has 100 valence electrons. The van der Waals surface area contributed by atoms with Gasteiger partial charge < -0.3 is 9.84 Å². The molecular formula is C13H14N2O3S. The zero-order valence-corrected chi connectivity index (χ0v) is 11.3. The van der Waals surface area contributed by atoms with Crippen molar-refractivity contribution in [1.29, 1.82) is 0 Å². The second-order valence-electron chi connectivity index (χ2n) is 4.04. The van der Waals surface area contributed by atoms with Gasteiger partial charge in [0.25, 0.3) is 5.19 Å². The van der Waals surface area contributed by atoms with E-state index < -0.39 is 5.97 Å². The Hall–Kier alpha value is -1.95. The van der Waals surface area contributed by atoms with E-state index >= 15 is 0 Å². The van der Waals surface area contributed by atoms with Gasteiger partial charge in [-0.2, -0.15) is 9.36 Å². The predicted molar refractivity (Wildman–Crippen MR) is 71.8 cm³/mol. The average molecular weight is 278 g/mol. The van der Waals surface area contributed by atoms with Gasteiger partial charge in [0, 0.05) is 18.0 Å². The third kappa shape index (κ3) is 4.03. The smallest absolute Gasteiger partial charge is 0.307 e. The molecule has 1 heterocycles. The Labute approximate surface area is 115 Å². The van der Waals surface area contributed by atoms with Gasteiger partial charge in [-0.15, -0.1) is 0 Å². The van der Waals surface area contributed by atoms with E-state index in [1.165, 1.54) is 11.5 Å². The number of carboxylic acids is 1. The maximum atomic E-state index is 10.6. The lowest BCUT2D eigenvalue weighted by Crippen LogP contribution is -1.99. The SMILES string of the molecule is CCCc1nsc(Oc2ccc(CC(=O)O)cc2)n1. The first-order valence-electron chi connectivity index (χ1n) is 5.98. The number of benzene rings is 1. The number of carboxylic acid groups (broad SMARTS) is 1. The van der Waals surface area contributed by atoms with Crippen molar-refractivity contribution in [2.45, 2.75) is 26.2 Å². The first kappa shape index (κ1) is 13.5. The van der Waals surface area contributed by atoms with Crippen LogP contribution >= 0.6 is 11.5 Å². The molecular weight excluding hydrogens is 264 g/mol. The Morgan fingerprint density at radius 1 is 1.37 bits per heavy atom. The van der Waals surface area contributed by atoms with Crippen molar-refractivity contribution in [2.75, 3.05) is 0 Å². The van der Waals surface area contributed by atoms with Crippen LogP contribution in [0.5, 0.6) is 10.9 Å². The van der Waals surface area contributed by atoms with Crippen LogP contribution < -0.4 is 4.74 Å². The normalized spacial score (nSPS) is 10.4. The molecule has 6 heteroatoms. The fraction of sp³-hybridized carbons (Fsp3) is 0.308. The van der Waals surface area contributed by atoms with Crippen LogP contribution in [0.25, 0.3) is 0 Å². The summed E-state index contributed by atoms with van der Waals surface area (Å²) < 4.78 is 9.75. The van der Waals surface area contributed by atoms with Gasteiger partial charge in [-0.25, -0.2) is 0 Å². The average Bonchev–Trinajstić information content (AvgIpc) is 2.79. The molecule has 0 aliphatic heterocycles. The number of aliphatic carboxylic acids is 1. The summed E-state index contributed by atoms with van der Waals surface area (Å²) in [5.74, 6) is 0.584. The minimum atomic E-state index is -0.845. The fourth-order valence-corrected chi connectivity index (χ4v) is 2.15. The van der Waals surface area contributed by atoms with Crippen molar-refractivity contribution in [3.8, 4) is 10.9 Å². The van der Waals surface area contributed by atoms with Gasteiger partial charge in [0.2, 0.25) is 0 Å². The Morgan fingerprint density at radius 2 is 2.11 bits per heavy atom. The first-order chi connectivity index (χ1) is 9.17. The zero-order chi connectivity index (χ0) is 13.7. The molecule has 5 nitrogen and oxygen atoms in total. The van der Waals surface area contributed by atoms with Crippen molar-refractivity contribution >= 4 is 17.5 Å². The quantitative estimate of drug-likeness (QED) is 0.879. The molecule has 0 aliphatic rings. The molecule has 0 bridgehead atoms. The number of aryl methyl sites for hydroxylation is 1. The molecule has 1 N–H and O–H groups in total. The number of aromatic nitrogens is 2. The molecule has 0 spiro atoms. The molecule has 0 fully saturated rings. The van der Waals surface area contributed by atoms with Gasteiger partial charge in [0.05, 0.1) is 6.42 Å². The molecule has 0 radical (unpaired) electrons. The van der Waals surface area contributed by atoms with Gasteiger partial charge in [-0.05, 0) is 24.1 Å². The van der Waals surface area contributed by atoms with Gasteiger partial charge in [0.1, 0.15) is 11.6 Å². The highest BCUT2D eigenvalue weighted by Crippen LogP contribution is 2.23. The lowest BCUT2D eigenvalue weighted by molar-refractivity contribution is -0.136. The van der Waals surface area contributed by atoms with Gasteiger partial charge >= 0.3 is 5.97 Å². The number of ether oxygens (including phenoxy) is 1. The third-order valence-corrected chi connectivity index (χ3v) is 3.04. The van der Waals surface area contributed by atoms with Crippen LogP contribution in [0, 0.1) is 0 Å².